The highest BCUT2D eigenvalue weighted by Gasteiger charge is 2.18. The van der Waals surface area contributed by atoms with E-state index in [1.54, 1.807) is 12.1 Å². The molecule has 0 bridgehead atoms. The molecular weight excluding hydrogens is 344 g/mol. The molecule has 20 heavy (non-hydrogen) atoms. The molecular formula is C13H7Cl4NO2. The van der Waals surface area contributed by atoms with Crippen molar-refractivity contribution in [1.29, 1.82) is 0 Å². The Hall–Kier alpha value is -1.000. The van der Waals surface area contributed by atoms with Crippen LogP contribution in [0.4, 0.5) is 0 Å². The molecule has 0 radical (unpaired) electrons. The van der Waals surface area contributed by atoms with Crippen LogP contribution in [-0.2, 0) is 11.2 Å². The van der Waals surface area contributed by atoms with E-state index in [9.17, 15) is 4.79 Å². The van der Waals surface area contributed by atoms with Crippen molar-refractivity contribution in [3.05, 3.63) is 50.0 Å². The van der Waals surface area contributed by atoms with Crippen molar-refractivity contribution in [1.82, 2.24) is 4.98 Å². The fourth-order valence-corrected chi connectivity index (χ4v) is 2.68. The number of pyridine rings is 1. The molecule has 0 atom stereocenters. The Morgan fingerprint density at radius 1 is 1.05 bits per heavy atom. The van der Waals surface area contributed by atoms with E-state index < -0.39 is 5.97 Å². The number of carboxylic acid groups (broad SMARTS) is 1. The van der Waals surface area contributed by atoms with Crippen LogP contribution in [0.25, 0.3) is 11.3 Å². The van der Waals surface area contributed by atoms with Crippen LogP contribution in [-0.4, -0.2) is 16.1 Å². The molecule has 1 heterocycles. The molecule has 2 aromatic rings. The average Bonchev–Trinajstić information content (AvgIpc) is 2.38. The van der Waals surface area contributed by atoms with E-state index in [0.29, 0.717) is 26.9 Å². The van der Waals surface area contributed by atoms with Crippen LogP contribution in [0.15, 0.2) is 24.4 Å². The van der Waals surface area contributed by atoms with Crippen LogP contribution < -0.4 is 0 Å². The van der Waals surface area contributed by atoms with E-state index in [0.717, 1.165) is 0 Å². The lowest BCUT2D eigenvalue weighted by Gasteiger charge is -2.11. The second-order valence-corrected chi connectivity index (χ2v) is 5.49. The van der Waals surface area contributed by atoms with Crippen LogP contribution in [0.2, 0.25) is 20.1 Å². The van der Waals surface area contributed by atoms with Gasteiger partial charge in [0.1, 0.15) is 0 Å². The van der Waals surface area contributed by atoms with Gasteiger partial charge in [-0.25, -0.2) is 0 Å². The van der Waals surface area contributed by atoms with Crippen LogP contribution >= 0.6 is 46.4 Å². The summed E-state index contributed by atoms with van der Waals surface area (Å²) in [6, 6.07) is 4.67. The van der Waals surface area contributed by atoms with Crippen LogP contribution in [0, 0.1) is 0 Å². The summed E-state index contributed by atoms with van der Waals surface area (Å²) >= 11 is 24.4. The summed E-state index contributed by atoms with van der Waals surface area (Å²) in [6.45, 7) is 0. The van der Waals surface area contributed by atoms with E-state index in [-0.39, 0.29) is 16.5 Å². The molecule has 0 aliphatic heterocycles. The number of hydrogen-bond donors (Lipinski definition) is 1. The number of halogens is 4. The normalized spacial score (nSPS) is 10.6. The third kappa shape index (κ3) is 3.01. The van der Waals surface area contributed by atoms with Gasteiger partial charge in [0.05, 0.1) is 32.2 Å². The molecule has 0 aliphatic rings. The smallest absolute Gasteiger partial charge is 0.307 e. The SMILES string of the molecule is O=C(O)Cc1ccnc(-c2c(Cl)ccc(Cl)c2Cl)c1Cl. The van der Waals surface area contributed by atoms with Gasteiger partial charge >= 0.3 is 5.97 Å². The molecule has 1 aromatic heterocycles. The van der Waals surface area contributed by atoms with Crippen LogP contribution in [0.5, 0.6) is 0 Å². The molecule has 0 unspecified atom stereocenters. The van der Waals surface area contributed by atoms with E-state index in [1.165, 1.54) is 12.3 Å². The average molecular weight is 351 g/mol. The predicted molar refractivity (Wildman–Crippen MR) is 81.1 cm³/mol. The molecule has 0 saturated carbocycles. The summed E-state index contributed by atoms with van der Waals surface area (Å²) in [5.74, 6) is -0.993. The molecule has 3 nitrogen and oxygen atoms in total. The van der Waals surface area contributed by atoms with Crippen molar-refractivity contribution in [2.75, 3.05) is 0 Å². The zero-order valence-corrected chi connectivity index (χ0v) is 12.9. The second-order valence-electron chi connectivity index (χ2n) is 3.92. The van der Waals surface area contributed by atoms with Gasteiger partial charge in [0.2, 0.25) is 0 Å². The van der Waals surface area contributed by atoms with Gasteiger partial charge in [-0.05, 0) is 23.8 Å². The van der Waals surface area contributed by atoms with Crippen molar-refractivity contribution in [2.45, 2.75) is 6.42 Å². The highest BCUT2D eigenvalue weighted by atomic mass is 35.5. The monoisotopic (exact) mass is 349 g/mol. The topological polar surface area (TPSA) is 50.2 Å². The van der Waals surface area contributed by atoms with Gasteiger partial charge < -0.3 is 5.11 Å². The minimum Gasteiger partial charge on any atom is -0.481 e. The van der Waals surface area contributed by atoms with E-state index in [1.807, 2.05) is 0 Å². The molecule has 0 saturated heterocycles. The number of hydrogen-bond acceptors (Lipinski definition) is 2. The molecule has 0 amide bonds. The van der Waals surface area contributed by atoms with E-state index in [2.05, 4.69) is 4.98 Å². The molecule has 104 valence electrons. The maximum atomic E-state index is 10.8. The molecule has 1 aromatic carbocycles. The highest BCUT2D eigenvalue weighted by Crippen LogP contribution is 2.41. The van der Waals surface area contributed by atoms with Gasteiger partial charge in [-0.1, -0.05) is 46.4 Å². The van der Waals surface area contributed by atoms with Crippen molar-refractivity contribution in [3.63, 3.8) is 0 Å². The van der Waals surface area contributed by atoms with Gasteiger partial charge in [-0.15, -0.1) is 0 Å². The molecule has 7 heteroatoms. The van der Waals surface area contributed by atoms with E-state index >= 15 is 0 Å². The van der Waals surface area contributed by atoms with Crippen molar-refractivity contribution in [3.8, 4) is 11.3 Å². The quantitative estimate of drug-likeness (QED) is 0.793. The lowest BCUT2D eigenvalue weighted by molar-refractivity contribution is -0.136. The van der Waals surface area contributed by atoms with Gasteiger partial charge in [-0.2, -0.15) is 0 Å². The number of carbonyl (C=O) groups is 1. The minimum absolute atomic E-state index is 0.195. The summed E-state index contributed by atoms with van der Waals surface area (Å²) in [6.07, 6.45) is 1.23. The standard InChI is InChI=1S/C13H7Cl4NO2/c14-7-1-2-8(15)12(17)10(7)13-11(16)6(3-4-18-13)5-9(19)20/h1-4H,5H2,(H,19,20). The van der Waals surface area contributed by atoms with Gasteiger partial charge in [0, 0.05) is 11.8 Å². The Balaban J connectivity index is 2.65. The van der Waals surface area contributed by atoms with Crippen LogP contribution in [0.3, 0.4) is 0 Å². The first-order chi connectivity index (χ1) is 9.41. The van der Waals surface area contributed by atoms with Crippen LogP contribution in [0.1, 0.15) is 5.56 Å². The largest absolute Gasteiger partial charge is 0.481 e. The molecule has 0 spiro atoms. The summed E-state index contributed by atoms with van der Waals surface area (Å²) in [4.78, 5) is 14.9. The Bertz CT molecular complexity index is 688. The first kappa shape index (κ1) is 15.4. The summed E-state index contributed by atoms with van der Waals surface area (Å²) < 4.78 is 0. The van der Waals surface area contributed by atoms with Crippen molar-refractivity contribution in [2.24, 2.45) is 0 Å². The molecule has 2 rings (SSSR count). The third-order valence-corrected chi connectivity index (χ3v) is 4.13. The fourth-order valence-electron chi connectivity index (χ4n) is 1.70. The Kier molecular flexibility index (Phi) is 4.76. The lowest BCUT2D eigenvalue weighted by atomic mass is 10.1. The van der Waals surface area contributed by atoms with Gasteiger partial charge in [-0.3, -0.25) is 9.78 Å². The number of nitrogens with zero attached hydrogens (tertiary/aromatic N) is 1. The fraction of sp³-hybridized carbons (Fsp3) is 0.0769. The number of aliphatic carboxylic acids is 1. The Labute approximate surface area is 135 Å². The van der Waals surface area contributed by atoms with Crippen molar-refractivity contribution >= 4 is 52.4 Å². The zero-order valence-electron chi connectivity index (χ0n) is 9.83. The third-order valence-electron chi connectivity index (χ3n) is 2.59. The predicted octanol–water partition coefficient (Wildman–Crippen LogP) is 4.99. The number of carboxylic acids is 1. The molecule has 0 aliphatic carbocycles. The summed E-state index contributed by atoms with van der Waals surface area (Å²) in [5.41, 5.74) is 1.12. The molecule has 0 fully saturated rings. The maximum Gasteiger partial charge on any atom is 0.307 e. The highest BCUT2D eigenvalue weighted by molar-refractivity contribution is 6.46. The van der Waals surface area contributed by atoms with Gasteiger partial charge in [0.15, 0.2) is 0 Å². The second kappa shape index (κ2) is 6.19. The summed E-state index contributed by atoms with van der Waals surface area (Å²) in [7, 11) is 0. The Morgan fingerprint density at radius 3 is 2.35 bits per heavy atom. The zero-order chi connectivity index (χ0) is 14.9. The van der Waals surface area contributed by atoms with Crippen molar-refractivity contribution < 1.29 is 9.90 Å². The minimum atomic E-state index is -0.993. The first-order valence-electron chi connectivity index (χ1n) is 5.41. The lowest BCUT2D eigenvalue weighted by Crippen LogP contribution is -2.02. The first-order valence-corrected chi connectivity index (χ1v) is 6.92. The molecule has 1 N–H and O–H groups in total. The summed E-state index contributed by atoms with van der Waals surface area (Å²) in [5, 5.41) is 9.92. The Morgan fingerprint density at radius 2 is 1.70 bits per heavy atom. The maximum absolute atomic E-state index is 10.8. The number of benzene rings is 1. The van der Waals surface area contributed by atoms with Gasteiger partial charge in [0.25, 0.3) is 0 Å². The number of aromatic nitrogens is 1. The van der Waals surface area contributed by atoms with E-state index in [4.69, 9.17) is 51.5 Å². The number of rotatable bonds is 3.